The molecule has 4 aromatic heterocycles. The summed E-state index contributed by atoms with van der Waals surface area (Å²) in [7, 11) is 0. The van der Waals surface area contributed by atoms with E-state index in [-0.39, 0.29) is 12.1 Å². The van der Waals surface area contributed by atoms with Crippen LogP contribution in [0.4, 0.5) is 0 Å². The van der Waals surface area contributed by atoms with E-state index in [9.17, 15) is 0 Å². The smallest absolute Gasteiger partial charge is 0.237 e. The molecule has 4 heterocycles. The molecule has 47 heavy (non-hydrogen) atoms. The summed E-state index contributed by atoms with van der Waals surface area (Å²) in [5.41, 5.74) is 1.56. The van der Waals surface area contributed by atoms with Crippen molar-refractivity contribution in [3.05, 3.63) is 146 Å². The number of pyridine rings is 2. The van der Waals surface area contributed by atoms with Crippen molar-refractivity contribution in [2.24, 2.45) is 0 Å². The quantitative estimate of drug-likeness (QED) is 0.157. The molecule has 10 nitrogen and oxygen atoms in total. The Hall–Kier alpha value is -6.81. The van der Waals surface area contributed by atoms with E-state index >= 15 is 0 Å². The highest BCUT2D eigenvalue weighted by molar-refractivity contribution is 6.09. The SMILES string of the molecule is [2H]c1cc(Oc2ccc3c4ccc(Oc5cc([2H])cc(Oc6ccccn6)c5)cc4n(-c4ncncn4)c3c2)cc(Oc2ccccn2)c1. The van der Waals surface area contributed by atoms with Gasteiger partial charge in [-0.25, -0.2) is 24.9 Å². The lowest BCUT2D eigenvalue weighted by Crippen LogP contribution is -2.01. The van der Waals surface area contributed by atoms with Gasteiger partial charge in [-0.2, -0.15) is 0 Å². The summed E-state index contributed by atoms with van der Waals surface area (Å²) in [5.74, 6) is 4.02. The molecule has 0 atom stereocenters. The lowest BCUT2D eigenvalue weighted by atomic mass is 10.1. The molecule has 0 aliphatic rings. The molecule has 0 saturated heterocycles. The maximum atomic E-state index is 8.29. The van der Waals surface area contributed by atoms with E-state index in [0.29, 0.717) is 52.2 Å². The largest absolute Gasteiger partial charge is 0.457 e. The van der Waals surface area contributed by atoms with Crippen molar-refractivity contribution in [1.82, 2.24) is 29.5 Å². The highest BCUT2D eigenvalue weighted by atomic mass is 16.5. The van der Waals surface area contributed by atoms with Gasteiger partial charge >= 0.3 is 0 Å². The molecule has 10 heteroatoms. The molecule has 0 spiro atoms. The predicted octanol–water partition coefficient (Wildman–Crippen LogP) is 8.93. The van der Waals surface area contributed by atoms with Crippen molar-refractivity contribution in [3.8, 4) is 52.2 Å². The van der Waals surface area contributed by atoms with Crippen LogP contribution in [0, 0.1) is 0 Å². The van der Waals surface area contributed by atoms with Gasteiger partial charge in [0.1, 0.15) is 47.2 Å². The molecule has 0 fully saturated rings. The molecule has 0 saturated carbocycles. The Morgan fingerprint density at radius 3 is 1.40 bits per heavy atom. The van der Waals surface area contributed by atoms with E-state index in [4.69, 9.17) is 21.7 Å². The Bertz CT molecular complexity index is 2280. The first-order chi connectivity index (χ1) is 24.0. The van der Waals surface area contributed by atoms with Gasteiger partial charge < -0.3 is 18.9 Å². The van der Waals surface area contributed by atoms with Gasteiger partial charge in [0.25, 0.3) is 0 Å². The van der Waals surface area contributed by atoms with Crippen LogP contribution in [0.2, 0.25) is 0 Å². The third-order valence-corrected chi connectivity index (χ3v) is 7.05. The molecule has 226 valence electrons. The van der Waals surface area contributed by atoms with Crippen LogP contribution in [0.3, 0.4) is 0 Å². The highest BCUT2D eigenvalue weighted by Gasteiger charge is 2.17. The molecule has 0 N–H and O–H groups in total. The first-order valence-corrected chi connectivity index (χ1v) is 14.5. The fraction of sp³-hybridized carbons (Fsp3) is 0. The topological polar surface area (TPSA) is 106 Å². The van der Waals surface area contributed by atoms with Crippen molar-refractivity contribution in [3.63, 3.8) is 0 Å². The van der Waals surface area contributed by atoms with E-state index in [0.717, 1.165) is 21.8 Å². The summed E-state index contributed by atoms with van der Waals surface area (Å²) in [6.45, 7) is 0. The number of nitrogens with zero attached hydrogens (tertiary/aromatic N) is 6. The Kier molecular flexibility index (Phi) is 6.67. The lowest BCUT2D eigenvalue weighted by molar-refractivity contribution is 0.448. The molecule has 0 aliphatic carbocycles. The van der Waals surface area contributed by atoms with Gasteiger partial charge in [-0.3, -0.25) is 4.57 Å². The fourth-order valence-electron chi connectivity index (χ4n) is 5.09. The number of aromatic nitrogens is 6. The molecular formula is C37H24N6O4. The summed E-state index contributed by atoms with van der Waals surface area (Å²) in [6.07, 6.45) is 6.15. The number of hydrogen-bond acceptors (Lipinski definition) is 9. The van der Waals surface area contributed by atoms with E-state index in [1.54, 1.807) is 73.1 Å². The number of rotatable bonds is 9. The standard InChI is InChI=1S/C37H24N6O4/c1-3-17-39-35(11-1)46-27-9-5-7-25(19-27)44-29-13-15-31-32-16-14-30(22-34(32)43(33(31)21-29)37-41-23-38-24-42-37)45-26-8-6-10-28(20-26)47-36-12-2-4-18-40-36/h1-24H/i5D,6D. The first kappa shape index (κ1) is 25.5. The summed E-state index contributed by atoms with van der Waals surface area (Å²) >= 11 is 0. The van der Waals surface area contributed by atoms with Crippen molar-refractivity contribution in [1.29, 1.82) is 0 Å². The van der Waals surface area contributed by atoms with Crippen LogP contribution in [-0.4, -0.2) is 29.5 Å². The second kappa shape index (κ2) is 12.3. The Balaban J connectivity index is 1.15. The third kappa shape index (κ3) is 5.98. The Morgan fingerprint density at radius 2 is 0.936 bits per heavy atom. The molecule has 0 amide bonds. The van der Waals surface area contributed by atoms with Gasteiger partial charge in [0, 0.05) is 59.6 Å². The summed E-state index contributed by atoms with van der Waals surface area (Å²) in [6, 6.07) is 32.4. The van der Waals surface area contributed by atoms with Gasteiger partial charge in [0.2, 0.25) is 17.7 Å². The third-order valence-electron chi connectivity index (χ3n) is 7.05. The monoisotopic (exact) mass is 618 g/mol. The maximum Gasteiger partial charge on any atom is 0.237 e. The molecule has 0 unspecified atom stereocenters. The second-order valence-corrected chi connectivity index (χ2v) is 10.2. The van der Waals surface area contributed by atoms with Crippen LogP contribution in [0.25, 0.3) is 27.8 Å². The van der Waals surface area contributed by atoms with Crippen LogP contribution in [0.1, 0.15) is 2.74 Å². The van der Waals surface area contributed by atoms with Gasteiger partial charge in [-0.15, -0.1) is 0 Å². The lowest BCUT2D eigenvalue weighted by Gasteiger charge is -2.10. The van der Waals surface area contributed by atoms with Gasteiger partial charge in [0.15, 0.2) is 0 Å². The number of ether oxygens (including phenoxy) is 4. The molecule has 0 bridgehead atoms. The van der Waals surface area contributed by atoms with Gasteiger partial charge in [-0.05, 0) is 60.7 Å². The fourth-order valence-corrected chi connectivity index (χ4v) is 5.09. The number of benzene rings is 4. The molecule has 0 aliphatic heterocycles. The second-order valence-electron chi connectivity index (χ2n) is 10.2. The van der Waals surface area contributed by atoms with E-state index < -0.39 is 0 Å². The molecular weight excluding hydrogens is 592 g/mol. The minimum Gasteiger partial charge on any atom is -0.457 e. The highest BCUT2D eigenvalue weighted by Crippen LogP contribution is 2.38. The first-order valence-electron chi connectivity index (χ1n) is 15.5. The van der Waals surface area contributed by atoms with Gasteiger partial charge in [-0.1, -0.05) is 24.2 Å². The van der Waals surface area contributed by atoms with Crippen LogP contribution in [-0.2, 0) is 0 Å². The molecule has 0 radical (unpaired) electrons. The minimum absolute atomic E-state index is 0.225. The normalized spacial score (nSPS) is 11.6. The van der Waals surface area contributed by atoms with Crippen LogP contribution in [0.5, 0.6) is 46.3 Å². The van der Waals surface area contributed by atoms with Crippen molar-refractivity contribution in [2.45, 2.75) is 0 Å². The zero-order valence-electron chi connectivity index (χ0n) is 26.5. The zero-order chi connectivity index (χ0) is 33.2. The number of hydrogen-bond donors (Lipinski definition) is 0. The minimum atomic E-state index is 0.225. The zero-order valence-corrected chi connectivity index (χ0v) is 24.5. The predicted molar refractivity (Wildman–Crippen MR) is 176 cm³/mol. The summed E-state index contributed by atoms with van der Waals surface area (Å²) < 4.78 is 42.7. The van der Waals surface area contributed by atoms with Crippen LogP contribution >= 0.6 is 0 Å². The molecule has 8 rings (SSSR count). The van der Waals surface area contributed by atoms with E-state index in [2.05, 4.69) is 24.9 Å². The molecule has 8 aromatic rings. The average molecular weight is 619 g/mol. The van der Waals surface area contributed by atoms with Crippen molar-refractivity contribution >= 4 is 21.8 Å². The summed E-state index contributed by atoms with van der Waals surface area (Å²) in [4.78, 5) is 21.3. The van der Waals surface area contributed by atoms with Crippen molar-refractivity contribution in [2.75, 3.05) is 0 Å². The van der Waals surface area contributed by atoms with Crippen LogP contribution < -0.4 is 18.9 Å². The molecule has 4 aromatic carbocycles. The number of fused-ring (bicyclic) bond motifs is 3. The summed E-state index contributed by atoms with van der Waals surface area (Å²) in [5, 5.41) is 1.86. The van der Waals surface area contributed by atoms with Crippen LogP contribution in [0.15, 0.2) is 146 Å². The maximum absolute atomic E-state index is 8.29. The van der Waals surface area contributed by atoms with Gasteiger partial charge in [0.05, 0.1) is 13.8 Å². The van der Waals surface area contributed by atoms with Crippen molar-refractivity contribution < 1.29 is 21.7 Å². The van der Waals surface area contributed by atoms with E-state index in [1.807, 2.05) is 53.1 Å². The van der Waals surface area contributed by atoms with E-state index in [1.165, 1.54) is 12.7 Å². The Morgan fingerprint density at radius 1 is 0.468 bits per heavy atom. The Labute approximate surface area is 271 Å². The average Bonchev–Trinajstić information content (AvgIpc) is 3.42.